The Morgan fingerprint density at radius 1 is 1.29 bits per heavy atom. The zero-order valence-electron chi connectivity index (χ0n) is 10.1. The van der Waals surface area contributed by atoms with Crippen molar-refractivity contribution in [1.82, 2.24) is 4.72 Å². The molecule has 1 aliphatic carbocycles. The second-order valence-electron chi connectivity index (χ2n) is 5.02. The molecule has 0 saturated heterocycles. The monoisotopic (exact) mass is 254 g/mol. The predicted octanol–water partition coefficient (Wildman–Crippen LogP) is 1.54. The maximum atomic E-state index is 12.0. The van der Waals surface area contributed by atoms with Gasteiger partial charge in [-0.15, -0.1) is 0 Å². The van der Waals surface area contributed by atoms with E-state index in [2.05, 4.69) is 4.72 Å². The fourth-order valence-corrected chi connectivity index (χ4v) is 3.09. The van der Waals surface area contributed by atoms with Gasteiger partial charge in [0.2, 0.25) is 10.0 Å². The Bertz CT molecular complexity index is 502. The van der Waals surface area contributed by atoms with Gasteiger partial charge in [-0.1, -0.05) is 12.1 Å². The minimum Gasteiger partial charge on any atom is -0.324 e. The van der Waals surface area contributed by atoms with Crippen LogP contribution in [-0.2, 0) is 10.0 Å². The molecule has 0 heterocycles. The molecule has 0 spiro atoms. The quantitative estimate of drug-likeness (QED) is 0.856. The van der Waals surface area contributed by atoms with Gasteiger partial charge in [0.15, 0.2) is 0 Å². The predicted molar refractivity (Wildman–Crippen MR) is 67.0 cm³/mol. The molecule has 1 aromatic carbocycles. The molecule has 17 heavy (non-hydrogen) atoms. The van der Waals surface area contributed by atoms with Gasteiger partial charge in [0.25, 0.3) is 0 Å². The summed E-state index contributed by atoms with van der Waals surface area (Å²) >= 11 is 0. The molecule has 2 rings (SSSR count). The lowest BCUT2D eigenvalue weighted by Gasteiger charge is -2.13. The molecule has 0 aliphatic heterocycles. The summed E-state index contributed by atoms with van der Waals surface area (Å²) in [5, 5.41) is 0. The van der Waals surface area contributed by atoms with Gasteiger partial charge >= 0.3 is 0 Å². The molecule has 1 unspecified atom stereocenters. The zero-order chi connectivity index (χ0) is 12.7. The van der Waals surface area contributed by atoms with Crippen LogP contribution in [-0.4, -0.2) is 14.0 Å². The Balaban J connectivity index is 2.21. The Labute approximate surface area is 102 Å². The lowest BCUT2D eigenvalue weighted by Crippen LogP contribution is -2.34. The molecule has 0 radical (unpaired) electrons. The Kier molecular flexibility index (Phi) is 3.01. The van der Waals surface area contributed by atoms with Gasteiger partial charge in [-0.3, -0.25) is 0 Å². The van der Waals surface area contributed by atoms with Gasteiger partial charge in [0, 0.05) is 11.6 Å². The van der Waals surface area contributed by atoms with Crippen LogP contribution in [0.1, 0.15) is 38.3 Å². The first-order chi connectivity index (χ1) is 7.82. The molecule has 1 saturated carbocycles. The standard InChI is InChI=1S/C12H18N2O2S/c1-9(13)10-3-5-11(6-4-10)17(15,16)14-12(2)7-8-12/h3-6,9,14H,7-8,13H2,1-2H3. The maximum Gasteiger partial charge on any atom is 0.241 e. The van der Waals surface area contributed by atoms with E-state index in [1.165, 1.54) is 0 Å². The molecule has 0 bridgehead atoms. The number of rotatable bonds is 4. The largest absolute Gasteiger partial charge is 0.324 e. The Morgan fingerprint density at radius 3 is 2.24 bits per heavy atom. The minimum absolute atomic E-state index is 0.0827. The van der Waals surface area contributed by atoms with Gasteiger partial charge in [0.05, 0.1) is 4.90 Å². The van der Waals surface area contributed by atoms with Crippen LogP contribution in [0.5, 0.6) is 0 Å². The third-order valence-corrected chi connectivity index (χ3v) is 4.75. The summed E-state index contributed by atoms with van der Waals surface area (Å²) in [6.07, 6.45) is 1.81. The first kappa shape index (κ1) is 12.5. The van der Waals surface area contributed by atoms with E-state index >= 15 is 0 Å². The Morgan fingerprint density at radius 2 is 1.82 bits per heavy atom. The van der Waals surface area contributed by atoms with Crippen molar-refractivity contribution in [3.8, 4) is 0 Å². The van der Waals surface area contributed by atoms with Crippen LogP contribution in [0.25, 0.3) is 0 Å². The van der Waals surface area contributed by atoms with Gasteiger partial charge in [-0.05, 0) is 44.4 Å². The van der Waals surface area contributed by atoms with Gasteiger partial charge in [-0.25, -0.2) is 13.1 Å². The van der Waals surface area contributed by atoms with Crippen LogP contribution in [0, 0.1) is 0 Å². The molecular formula is C12H18N2O2S. The van der Waals surface area contributed by atoms with E-state index < -0.39 is 10.0 Å². The first-order valence-electron chi connectivity index (χ1n) is 5.72. The minimum atomic E-state index is -3.39. The average Bonchev–Trinajstić information content (AvgIpc) is 2.95. The summed E-state index contributed by atoms with van der Waals surface area (Å²) in [6.45, 7) is 3.79. The van der Waals surface area contributed by atoms with Gasteiger partial charge in [0.1, 0.15) is 0 Å². The number of nitrogens with one attached hydrogen (secondary N) is 1. The first-order valence-corrected chi connectivity index (χ1v) is 7.20. The summed E-state index contributed by atoms with van der Waals surface area (Å²) in [6, 6.07) is 6.64. The van der Waals surface area contributed by atoms with E-state index in [-0.39, 0.29) is 11.6 Å². The van der Waals surface area contributed by atoms with Crippen LogP contribution in [0.4, 0.5) is 0 Å². The Hall–Kier alpha value is -0.910. The van der Waals surface area contributed by atoms with E-state index in [1.54, 1.807) is 24.3 Å². The van der Waals surface area contributed by atoms with Crippen molar-refractivity contribution in [3.63, 3.8) is 0 Å². The van der Waals surface area contributed by atoms with Crippen molar-refractivity contribution in [1.29, 1.82) is 0 Å². The van der Waals surface area contributed by atoms with Crippen molar-refractivity contribution >= 4 is 10.0 Å². The van der Waals surface area contributed by atoms with Crippen molar-refractivity contribution in [2.75, 3.05) is 0 Å². The molecule has 1 aromatic rings. The van der Waals surface area contributed by atoms with Crippen molar-refractivity contribution in [2.24, 2.45) is 5.73 Å². The normalized spacial score (nSPS) is 19.9. The van der Waals surface area contributed by atoms with Crippen molar-refractivity contribution < 1.29 is 8.42 Å². The van der Waals surface area contributed by atoms with Crippen LogP contribution in [0.15, 0.2) is 29.2 Å². The smallest absolute Gasteiger partial charge is 0.241 e. The number of nitrogens with two attached hydrogens (primary N) is 1. The SMILES string of the molecule is CC(N)c1ccc(S(=O)(=O)NC2(C)CC2)cc1. The molecule has 0 aromatic heterocycles. The van der Waals surface area contributed by atoms with E-state index in [1.807, 2.05) is 13.8 Å². The fraction of sp³-hybridized carbons (Fsp3) is 0.500. The van der Waals surface area contributed by atoms with Crippen LogP contribution >= 0.6 is 0 Å². The molecule has 3 N–H and O–H groups in total. The highest BCUT2D eigenvalue weighted by molar-refractivity contribution is 7.89. The highest BCUT2D eigenvalue weighted by Gasteiger charge is 2.41. The third kappa shape index (κ3) is 2.86. The number of benzene rings is 1. The number of hydrogen-bond donors (Lipinski definition) is 2. The number of hydrogen-bond acceptors (Lipinski definition) is 3. The second-order valence-corrected chi connectivity index (χ2v) is 6.71. The topological polar surface area (TPSA) is 72.2 Å². The summed E-state index contributed by atoms with van der Waals surface area (Å²) in [4.78, 5) is 0.301. The molecule has 1 fully saturated rings. The molecule has 94 valence electrons. The molecule has 4 nitrogen and oxygen atoms in total. The summed E-state index contributed by atoms with van der Waals surface area (Å²) < 4.78 is 26.8. The lowest BCUT2D eigenvalue weighted by molar-refractivity contribution is 0.558. The second kappa shape index (κ2) is 4.08. The van der Waals surface area contributed by atoms with Crippen molar-refractivity contribution in [2.45, 2.75) is 43.2 Å². The third-order valence-electron chi connectivity index (χ3n) is 3.10. The maximum absolute atomic E-state index is 12.0. The molecule has 0 amide bonds. The molecule has 1 atom stereocenters. The van der Waals surface area contributed by atoms with E-state index in [4.69, 9.17) is 5.73 Å². The van der Waals surface area contributed by atoms with E-state index in [9.17, 15) is 8.42 Å². The van der Waals surface area contributed by atoms with Gasteiger partial charge < -0.3 is 5.73 Å². The van der Waals surface area contributed by atoms with E-state index in [0.29, 0.717) is 4.90 Å². The highest BCUT2D eigenvalue weighted by Crippen LogP contribution is 2.35. The lowest BCUT2D eigenvalue weighted by atomic mass is 10.1. The summed E-state index contributed by atoms with van der Waals surface area (Å²) in [5.74, 6) is 0. The molecular weight excluding hydrogens is 236 g/mol. The van der Waals surface area contributed by atoms with Crippen LogP contribution < -0.4 is 10.5 Å². The van der Waals surface area contributed by atoms with Crippen LogP contribution in [0.3, 0.4) is 0 Å². The number of sulfonamides is 1. The van der Waals surface area contributed by atoms with Crippen molar-refractivity contribution in [3.05, 3.63) is 29.8 Å². The average molecular weight is 254 g/mol. The molecule has 1 aliphatic rings. The van der Waals surface area contributed by atoms with Crippen LogP contribution in [0.2, 0.25) is 0 Å². The molecule has 5 heteroatoms. The highest BCUT2D eigenvalue weighted by atomic mass is 32.2. The fourth-order valence-electron chi connectivity index (χ4n) is 1.62. The van der Waals surface area contributed by atoms with Gasteiger partial charge in [-0.2, -0.15) is 0 Å². The summed E-state index contributed by atoms with van der Waals surface area (Å²) in [7, 11) is -3.39. The zero-order valence-corrected chi connectivity index (χ0v) is 10.9. The summed E-state index contributed by atoms with van der Waals surface area (Å²) in [5.41, 5.74) is 6.41. The van der Waals surface area contributed by atoms with E-state index in [0.717, 1.165) is 18.4 Å².